The number of rotatable bonds is 5. The molecule has 0 atom stereocenters. The molecule has 0 bridgehead atoms. The summed E-state index contributed by atoms with van der Waals surface area (Å²) in [5.74, 6) is -0.460. The van der Waals surface area contributed by atoms with Gasteiger partial charge in [-0.25, -0.2) is 4.39 Å². The van der Waals surface area contributed by atoms with Crippen LogP contribution in [0.5, 0.6) is 0 Å². The first-order valence-electron chi connectivity index (χ1n) is 5.74. The number of esters is 1. The minimum Gasteiger partial charge on any atom is -0.468 e. The Labute approximate surface area is 100 Å². The maximum atomic E-state index is 12.8. The van der Waals surface area contributed by atoms with Crippen LogP contribution in [-0.4, -0.2) is 30.6 Å². The third kappa shape index (κ3) is 3.53. The van der Waals surface area contributed by atoms with Crippen LogP contribution < -0.4 is 0 Å². The molecule has 0 N–H and O–H groups in total. The zero-order valence-corrected chi connectivity index (χ0v) is 9.86. The number of halogens is 1. The van der Waals surface area contributed by atoms with Gasteiger partial charge in [0.15, 0.2) is 0 Å². The van der Waals surface area contributed by atoms with Crippen LogP contribution in [0.3, 0.4) is 0 Å². The molecule has 1 saturated carbocycles. The number of benzene rings is 1. The van der Waals surface area contributed by atoms with Gasteiger partial charge in [0.25, 0.3) is 0 Å². The van der Waals surface area contributed by atoms with E-state index in [-0.39, 0.29) is 11.8 Å². The van der Waals surface area contributed by atoms with Gasteiger partial charge in [0.05, 0.1) is 13.7 Å². The lowest BCUT2D eigenvalue weighted by Crippen LogP contribution is -2.32. The van der Waals surface area contributed by atoms with Crippen LogP contribution in [0.4, 0.5) is 4.39 Å². The Kier molecular flexibility index (Phi) is 3.74. The SMILES string of the molecule is COC(=O)CN(Cc1ccc(F)cc1)C1CC1. The molecule has 3 nitrogen and oxygen atoms in total. The summed E-state index contributed by atoms with van der Waals surface area (Å²) < 4.78 is 17.4. The van der Waals surface area contributed by atoms with Crippen LogP contribution in [0.25, 0.3) is 0 Å². The summed E-state index contributed by atoms with van der Waals surface area (Å²) >= 11 is 0. The topological polar surface area (TPSA) is 29.5 Å². The smallest absolute Gasteiger partial charge is 0.319 e. The van der Waals surface area contributed by atoms with E-state index in [1.165, 1.54) is 19.2 Å². The zero-order valence-electron chi connectivity index (χ0n) is 9.86. The summed E-state index contributed by atoms with van der Waals surface area (Å²) in [6.07, 6.45) is 2.25. The van der Waals surface area contributed by atoms with Gasteiger partial charge in [-0.05, 0) is 30.5 Å². The molecule has 0 saturated heterocycles. The van der Waals surface area contributed by atoms with E-state index >= 15 is 0 Å². The predicted molar refractivity (Wildman–Crippen MR) is 61.8 cm³/mol. The van der Waals surface area contributed by atoms with E-state index in [9.17, 15) is 9.18 Å². The number of carbonyl (C=O) groups excluding carboxylic acids is 1. The van der Waals surface area contributed by atoms with Gasteiger partial charge in [0.2, 0.25) is 0 Å². The van der Waals surface area contributed by atoms with Crippen molar-refractivity contribution in [1.29, 1.82) is 0 Å². The van der Waals surface area contributed by atoms with Crippen LogP contribution in [0, 0.1) is 5.82 Å². The number of ether oxygens (including phenoxy) is 1. The second-order valence-electron chi connectivity index (χ2n) is 4.34. The molecule has 0 aromatic heterocycles. The van der Waals surface area contributed by atoms with Crippen LogP contribution >= 0.6 is 0 Å². The van der Waals surface area contributed by atoms with Crippen LogP contribution in [0.1, 0.15) is 18.4 Å². The standard InChI is InChI=1S/C13H16FNO2/c1-17-13(16)9-15(12-6-7-12)8-10-2-4-11(14)5-3-10/h2-5,12H,6-9H2,1H3. The molecule has 2 rings (SSSR count). The monoisotopic (exact) mass is 237 g/mol. The molecular weight excluding hydrogens is 221 g/mol. The third-order valence-corrected chi connectivity index (χ3v) is 2.92. The van der Waals surface area contributed by atoms with Crippen LogP contribution in [0.2, 0.25) is 0 Å². The van der Waals surface area contributed by atoms with Crippen molar-refractivity contribution in [2.45, 2.75) is 25.4 Å². The van der Waals surface area contributed by atoms with Gasteiger partial charge in [-0.3, -0.25) is 9.69 Å². The first-order valence-corrected chi connectivity index (χ1v) is 5.74. The van der Waals surface area contributed by atoms with Gasteiger partial charge < -0.3 is 4.74 Å². The zero-order chi connectivity index (χ0) is 12.3. The average molecular weight is 237 g/mol. The maximum absolute atomic E-state index is 12.8. The lowest BCUT2D eigenvalue weighted by Gasteiger charge is -2.20. The molecule has 1 fully saturated rings. The predicted octanol–water partition coefficient (Wildman–Crippen LogP) is 1.96. The molecule has 1 aromatic rings. The summed E-state index contributed by atoms with van der Waals surface area (Å²) in [5, 5.41) is 0. The lowest BCUT2D eigenvalue weighted by atomic mass is 10.2. The van der Waals surface area contributed by atoms with Crippen LogP contribution in [0.15, 0.2) is 24.3 Å². The molecule has 0 amide bonds. The lowest BCUT2D eigenvalue weighted by molar-refractivity contribution is -0.142. The fraction of sp³-hybridized carbons (Fsp3) is 0.462. The Morgan fingerprint density at radius 1 is 1.41 bits per heavy atom. The van der Waals surface area contributed by atoms with Crippen LogP contribution in [-0.2, 0) is 16.1 Å². The molecule has 0 unspecified atom stereocenters. The Bertz CT molecular complexity index is 387. The average Bonchev–Trinajstić information content (AvgIpc) is 3.15. The van der Waals surface area contributed by atoms with Gasteiger partial charge in [0.1, 0.15) is 5.82 Å². The highest BCUT2D eigenvalue weighted by atomic mass is 19.1. The highest BCUT2D eigenvalue weighted by molar-refractivity contribution is 5.71. The van der Waals surface area contributed by atoms with Crippen molar-refractivity contribution >= 4 is 5.97 Å². The molecule has 0 heterocycles. The Balaban J connectivity index is 1.97. The summed E-state index contributed by atoms with van der Waals surface area (Å²) in [5.41, 5.74) is 1.02. The summed E-state index contributed by atoms with van der Waals surface area (Å²) in [4.78, 5) is 13.4. The molecule has 0 radical (unpaired) electrons. The summed E-state index contributed by atoms with van der Waals surface area (Å²) in [7, 11) is 1.39. The van der Waals surface area contributed by atoms with E-state index in [4.69, 9.17) is 0 Å². The molecule has 1 aliphatic carbocycles. The van der Waals surface area contributed by atoms with Crippen molar-refractivity contribution in [1.82, 2.24) is 4.90 Å². The van der Waals surface area contributed by atoms with Gasteiger partial charge in [-0.2, -0.15) is 0 Å². The van der Waals surface area contributed by atoms with Crippen molar-refractivity contribution in [2.75, 3.05) is 13.7 Å². The van der Waals surface area contributed by atoms with Crippen molar-refractivity contribution in [3.8, 4) is 0 Å². The molecule has 17 heavy (non-hydrogen) atoms. The Morgan fingerprint density at radius 3 is 2.59 bits per heavy atom. The van der Waals surface area contributed by atoms with E-state index < -0.39 is 0 Å². The highest BCUT2D eigenvalue weighted by Crippen LogP contribution is 2.28. The highest BCUT2D eigenvalue weighted by Gasteiger charge is 2.30. The van der Waals surface area contributed by atoms with Crippen molar-refractivity contribution in [3.63, 3.8) is 0 Å². The fourth-order valence-corrected chi connectivity index (χ4v) is 1.81. The number of hydrogen-bond acceptors (Lipinski definition) is 3. The Hall–Kier alpha value is -1.42. The molecular formula is C13H16FNO2. The number of carbonyl (C=O) groups is 1. The number of hydrogen-bond donors (Lipinski definition) is 0. The van der Waals surface area contributed by atoms with E-state index in [2.05, 4.69) is 9.64 Å². The van der Waals surface area contributed by atoms with Gasteiger partial charge in [-0.15, -0.1) is 0 Å². The largest absolute Gasteiger partial charge is 0.468 e. The summed E-state index contributed by atoms with van der Waals surface area (Å²) in [6, 6.07) is 6.86. The molecule has 1 aliphatic rings. The van der Waals surface area contributed by atoms with Gasteiger partial charge >= 0.3 is 5.97 Å². The first-order chi connectivity index (χ1) is 8.19. The molecule has 0 spiro atoms. The number of methoxy groups -OCH3 is 1. The third-order valence-electron chi connectivity index (χ3n) is 2.92. The molecule has 1 aromatic carbocycles. The minimum atomic E-state index is -0.236. The second-order valence-corrected chi connectivity index (χ2v) is 4.34. The van der Waals surface area contributed by atoms with E-state index in [0.717, 1.165) is 18.4 Å². The first kappa shape index (κ1) is 12.0. The van der Waals surface area contributed by atoms with Gasteiger partial charge in [0, 0.05) is 12.6 Å². The van der Waals surface area contributed by atoms with E-state index in [1.807, 2.05) is 0 Å². The second kappa shape index (κ2) is 5.27. The van der Waals surface area contributed by atoms with Crippen molar-refractivity contribution in [2.24, 2.45) is 0 Å². The number of nitrogens with zero attached hydrogens (tertiary/aromatic N) is 1. The molecule has 4 heteroatoms. The van der Waals surface area contributed by atoms with Gasteiger partial charge in [-0.1, -0.05) is 12.1 Å². The van der Waals surface area contributed by atoms with Crippen molar-refractivity contribution < 1.29 is 13.9 Å². The summed E-state index contributed by atoms with van der Waals surface area (Å²) in [6.45, 7) is 0.971. The fourth-order valence-electron chi connectivity index (χ4n) is 1.81. The quantitative estimate of drug-likeness (QED) is 0.733. The van der Waals surface area contributed by atoms with E-state index in [0.29, 0.717) is 19.1 Å². The maximum Gasteiger partial charge on any atom is 0.319 e. The van der Waals surface area contributed by atoms with Crippen molar-refractivity contribution in [3.05, 3.63) is 35.6 Å². The molecule has 0 aliphatic heterocycles. The molecule has 92 valence electrons. The van der Waals surface area contributed by atoms with E-state index in [1.54, 1.807) is 12.1 Å². The normalized spacial score (nSPS) is 15.0. The Morgan fingerprint density at radius 2 is 2.06 bits per heavy atom. The minimum absolute atomic E-state index is 0.223.